The Morgan fingerprint density at radius 1 is 0.690 bits per heavy atom. The molecule has 1 aromatic carbocycles. The normalized spacial score (nSPS) is 43.1. The molecule has 11 heteroatoms. The second-order valence-corrected chi connectivity index (χ2v) is 6.94. The summed E-state index contributed by atoms with van der Waals surface area (Å²) >= 11 is 0. The lowest BCUT2D eigenvalue weighted by molar-refractivity contribution is -0.352. The molecule has 0 bridgehead atoms. The standard InChI is InChI=1S/C18H26O11/c19-6-9-11(21)12(22)14(24)18(27-9)29-16-10(7-20)28-17(15(25)13(16)23)26-8-4-2-1-3-5-8/h1-5,9-25H,6-7H2/t9-,10-,11+,12+,13-,14-,15-,16+,17-,18+/m1/s1. The number of benzene rings is 1. The Balaban J connectivity index is 1.71. The molecule has 164 valence electrons. The van der Waals surface area contributed by atoms with E-state index in [1.165, 1.54) is 0 Å². The maximum absolute atomic E-state index is 10.5. The van der Waals surface area contributed by atoms with Crippen LogP contribution < -0.4 is 4.74 Å². The summed E-state index contributed by atoms with van der Waals surface area (Å²) < 4.78 is 21.7. The maximum atomic E-state index is 10.5. The third kappa shape index (κ3) is 4.70. The first-order valence-corrected chi connectivity index (χ1v) is 9.17. The number of hydrogen-bond acceptors (Lipinski definition) is 11. The topological polar surface area (TPSA) is 179 Å². The van der Waals surface area contributed by atoms with Gasteiger partial charge in [0.15, 0.2) is 6.29 Å². The smallest absolute Gasteiger partial charge is 0.229 e. The molecule has 0 radical (unpaired) electrons. The Morgan fingerprint density at radius 2 is 1.28 bits per heavy atom. The highest BCUT2D eigenvalue weighted by Gasteiger charge is 2.51. The fraction of sp³-hybridized carbons (Fsp3) is 0.667. The lowest BCUT2D eigenvalue weighted by atomic mass is 9.97. The van der Waals surface area contributed by atoms with Gasteiger partial charge in [-0.05, 0) is 12.1 Å². The summed E-state index contributed by atoms with van der Waals surface area (Å²) in [6, 6.07) is 8.41. The van der Waals surface area contributed by atoms with Crippen LogP contribution in [0.1, 0.15) is 0 Å². The van der Waals surface area contributed by atoms with Crippen molar-refractivity contribution in [1.82, 2.24) is 0 Å². The molecule has 0 amide bonds. The van der Waals surface area contributed by atoms with Gasteiger partial charge in [-0.2, -0.15) is 0 Å². The van der Waals surface area contributed by atoms with Gasteiger partial charge in [0.25, 0.3) is 0 Å². The van der Waals surface area contributed by atoms with E-state index in [4.69, 9.17) is 18.9 Å². The van der Waals surface area contributed by atoms with Gasteiger partial charge in [0, 0.05) is 0 Å². The molecule has 10 atom stereocenters. The molecule has 3 rings (SSSR count). The molecule has 11 nitrogen and oxygen atoms in total. The molecule has 2 heterocycles. The average molecular weight is 418 g/mol. The fourth-order valence-electron chi connectivity index (χ4n) is 3.29. The molecule has 7 N–H and O–H groups in total. The van der Waals surface area contributed by atoms with Crippen LogP contribution in [0.15, 0.2) is 30.3 Å². The number of ether oxygens (including phenoxy) is 4. The van der Waals surface area contributed by atoms with Gasteiger partial charge >= 0.3 is 0 Å². The molecule has 2 fully saturated rings. The zero-order chi connectivity index (χ0) is 21.1. The monoisotopic (exact) mass is 418 g/mol. The van der Waals surface area contributed by atoms with Crippen LogP contribution in [0.4, 0.5) is 0 Å². The quantitative estimate of drug-likeness (QED) is 0.246. The first-order valence-electron chi connectivity index (χ1n) is 9.17. The molecule has 2 aliphatic heterocycles. The summed E-state index contributed by atoms with van der Waals surface area (Å²) in [6.07, 6.45) is -14.8. The van der Waals surface area contributed by atoms with Crippen molar-refractivity contribution < 1.29 is 54.7 Å². The van der Waals surface area contributed by atoms with Crippen molar-refractivity contribution in [2.45, 2.75) is 61.4 Å². The van der Waals surface area contributed by atoms with E-state index in [9.17, 15) is 35.7 Å². The van der Waals surface area contributed by atoms with Crippen LogP contribution in [0, 0.1) is 0 Å². The Labute approximate surface area is 166 Å². The predicted molar refractivity (Wildman–Crippen MR) is 93.5 cm³/mol. The van der Waals surface area contributed by atoms with E-state index in [1.807, 2.05) is 0 Å². The van der Waals surface area contributed by atoms with E-state index in [-0.39, 0.29) is 0 Å². The Kier molecular flexibility index (Phi) is 7.40. The number of aliphatic hydroxyl groups is 7. The lowest BCUT2D eigenvalue weighted by Gasteiger charge is -2.45. The van der Waals surface area contributed by atoms with Crippen LogP contribution in [0.3, 0.4) is 0 Å². The first kappa shape index (κ1) is 22.3. The molecule has 0 saturated carbocycles. The highest BCUT2D eigenvalue weighted by Crippen LogP contribution is 2.30. The molecular formula is C18H26O11. The molecule has 0 spiro atoms. The van der Waals surface area contributed by atoms with Crippen molar-refractivity contribution >= 4 is 0 Å². The van der Waals surface area contributed by atoms with E-state index < -0.39 is 74.6 Å². The second-order valence-electron chi connectivity index (χ2n) is 6.94. The molecule has 0 aliphatic carbocycles. The maximum Gasteiger partial charge on any atom is 0.229 e. The van der Waals surface area contributed by atoms with E-state index in [1.54, 1.807) is 30.3 Å². The molecule has 2 aliphatic rings. The van der Waals surface area contributed by atoms with Crippen LogP contribution in [0.25, 0.3) is 0 Å². The van der Waals surface area contributed by atoms with Gasteiger partial charge in [-0.3, -0.25) is 0 Å². The van der Waals surface area contributed by atoms with Gasteiger partial charge in [-0.15, -0.1) is 0 Å². The van der Waals surface area contributed by atoms with Crippen molar-refractivity contribution in [1.29, 1.82) is 0 Å². The number of hydrogen-bond donors (Lipinski definition) is 7. The van der Waals surface area contributed by atoms with E-state index in [0.29, 0.717) is 5.75 Å². The van der Waals surface area contributed by atoms with Crippen molar-refractivity contribution in [3.05, 3.63) is 30.3 Å². The molecule has 0 aromatic heterocycles. The number of aliphatic hydroxyl groups excluding tert-OH is 7. The van der Waals surface area contributed by atoms with Gasteiger partial charge in [-0.1, -0.05) is 18.2 Å². The SMILES string of the molecule is OC[C@H]1O[C@@H](O[C@@H]2[C@H](O)[C@@H](O)[C@H](Oc3ccccc3)O[C@@H]2CO)[C@H](O)[C@@H](O)[C@H]1O. The molecule has 2 saturated heterocycles. The van der Waals surface area contributed by atoms with Crippen LogP contribution in [-0.4, -0.2) is 110 Å². The summed E-state index contributed by atoms with van der Waals surface area (Å²) in [6.45, 7) is -1.28. The van der Waals surface area contributed by atoms with Crippen molar-refractivity contribution in [3.8, 4) is 5.75 Å². The van der Waals surface area contributed by atoms with Crippen molar-refractivity contribution in [2.75, 3.05) is 13.2 Å². The Hall–Kier alpha value is -1.38. The lowest BCUT2D eigenvalue weighted by Crippen LogP contribution is -2.65. The summed E-state index contributed by atoms with van der Waals surface area (Å²) in [4.78, 5) is 0. The van der Waals surface area contributed by atoms with E-state index >= 15 is 0 Å². The van der Waals surface area contributed by atoms with Gasteiger partial charge in [0.05, 0.1) is 13.2 Å². The van der Waals surface area contributed by atoms with Crippen molar-refractivity contribution in [2.24, 2.45) is 0 Å². The van der Waals surface area contributed by atoms with Gasteiger partial charge in [0.2, 0.25) is 6.29 Å². The molecular weight excluding hydrogens is 392 g/mol. The Morgan fingerprint density at radius 3 is 1.90 bits per heavy atom. The molecule has 0 unspecified atom stereocenters. The summed E-state index contributed by atoms with van der Waals surface area (Å²) in [5.41, 5.74) is 0. The van der Waals surface area contributed by atoms with Crippen LogP contribution >= 0.6 is 0 Å². The zero-order valence-corrected chi connectivity index (χ0v) is 15.3. The van der Waals surface area contributed by atoms with Crippen LogP contribution in [0.2, 0.25) is 0 Å². The third-order valence-corrected chi connectivity index (χ3v) is 4.96. The Bertz CT molecular complexity index is 627. The second kappa shape index (κ2) is 9.62. The van der Waals surface area contributed by atoms with E-state index in [0.717, 1.165) is 0 Å². The van der Waals surface area contributed by atoms with Gasteiger partial charge < -0.3 is 54.7 Å². The number of rotatable bonds is 6. The zero-order valence-electron chi connectivity index (χ0n) is 15.3. The van der Waals surface area contributed by atoms with Crippen LogP contribution in [0.5, 0.6) is 5.75 Å². The highest BCUT2D eigenvalue weighted by molar-refractivity contribution is 5.21. The minimum atomic E-state index is -1.71. The van der Waals surface area contributed by atoms with Crippen molar-refractivity contribution in [3.63, 3.8) is 0 Å². The largest absolute Gasteiger partial charge is 0.462 e. The van der Waals surface area contributed by atoms with E-state index in [2.05, 4.69) is 0 Å². The minimum absolute atomic E-state index is 0.369. The van der Waals surface area contributed by atoms with Crippen LogP contribution in [-0.2, 0) is 14.2 Å². The highest BCUT2D eigenvalue weighted by atomic mass is 16.7. The average Bonchev–Trinajstić information content (AvgIpc) is 2.74. The minimum Gasteiger partial charge on any atom is -0.462 e. The summed E-state index contributed by atoms with van der Waals surface area (Å²) in [5, 5.41) is 69.6. The fourth-order valence-corrected chi connectivity index (χ4v) is 3.29. The summed E-state index contributed by atoms with van der Waals surface area (Å²) in [5.74, 6) is 0.369. The van der Waals surface area contributed by atoms with Gasteiger partial charge in [0.1, 0.15) is 54.6 Å². The first-order chi connectivity index (χ1) is 13.9. The molecule has 1 aromatic rings. The third-order valence-electron chi connectivity index (χ3n) is 4.96. The predicted octanol–water partition coefficient (Wildman–Crippen LogP) is -3.31. The summed E-state index contributed by atoms with van der Waals surface area (Å²) in [7, 11) is 0. The molecule has 29 heavy (non-hydrogen) atoms. The number of para-hydroxylation sites is 1. The van der Waals surface area contributed by atoms with Gasteiger partial charge in [-0.25, -0.2) is 0 Å².